The summed E-state index contributed by atoms with van der Waals surface area (Å²) in [6.45, 7) is 9.52. The molecule has 2 aromatic carbocycles. The highest BCUT2D eigenvalue weighted by Crippen LogP contribution is 2.26. The molecular weight excluding hydrogens is 398 g/mol. The van der Waals surface area contributed by atoms with Crippen LogP contribution in [0.5, 0.6) is 0 Å². The van der Waals surface area contributed by atoms with Crippen molar-refractivity contribution in [1.29, 1.82) is 0 Å². The fourth-order valence-electron chi connectivity index (χ4n) is 3.46. The molecule has 164 valence electrons. The summed E-state index contributed by atoms with van der Waals surface area (Å²) in [6.07, 6.45) is 0.708. The maximum Gasteiger partial charge on any atom is 0.304 e. The van der Waals surface area contributed by atoms with Crippen molar-refractivity contribution in [2.75, 3.05) is 24.9 Å². The quantitative estimate of drug-likeness (QED) is 0.691. The Morgan fingerprint density at radius 2 is 1.57 bits per heavy atom. The highest BCUT2D eigenvalue weighted by molar-refractivity contribution is 7.90. The molecule has 0 saturated carbocycles. The number of aryl methyl sites for hydroxylation is 4. The molecule has 0 fully saturated rings. The number of rotatable bonds is 8. The molecule has 0 aromatic heterocycles. The number of carbonyl (C=O) groups excluding carboxylic acids is 1. The van der Waals surface area contributed by atoms with Crippen molar-refractivity contribution in [3.8, 4) is 0 Å². The first-order valence-corrected chi connectivity index (χ1v) is 11.5. The molecule has 1 atom stereocenters. The van der Waals surface area contributed by atoms with Gasteiger partial charge in [-0.25, -0.2) is 4.31 Å². The molecule has 0 bridgehead atoms. The second-order valence-corrected chi connectivity index (χ2v) is 10.0. The van der Waals surface area contributed by atoms with Gasteiger partial charge in [0.15, 0.2) is 0 Å². The van der Waals surface area contributed by atoms with Gasteiger partial charge in [-0.3, -0.25) is 4.79 Å². The summed E-state index contributed by atoms with van der Waals surface area (Å²) < 4.78 is 28.3. The van der Waals surface area contributed by atoms with Crippen LogP contribution in [0.4, 0.5) is 5.69 Å². The lowest BCUT2D eigenvalue weighted by Gasteiger charge is -2.29. The minimum absolute atomic E-state index is 0.180. The zero-order valence-electron chi connectivity index (χ0n) is 19.0. The molecule has 0 saturated heterocycles. The molecule has 0 aliphatic heterocycles. The van der Waals surface area contributed by atoms with E-state index < -0.39 is 10.2 Å². The van der Waals surface area contributed by atoms with Crippen LogP contribution >= 0.6 is 0 Å². The van der Waals surface area contributed by atoms with Crippen LogP contribution in [0.2, 0.25) is 0 Å². The standard InChI is InChI=1S/C23H33N3O3S/c1-8-21(20-12-10-16(2)13-19(20)5)24-23(27)15-26(30(28,29)25(6)7)22-14-17(3)9-11-18(22)4/h9-14,21H,8,15H2,1-7H3,(H,24,27)/t21-/m0/s1. The lowest BCUT2D eigenvalue weighted by Crippen LogP contribution is -2.46. The fraction of sp³-hybridized carbons (Fsp3) is 0.435. The first-order chi connectivity index (χ1) is 14.0. The normalized spacial score (nSPS) is 12.7. The molecule has 7 heteroatoms. The minimum Gasteiger partial charge on any atom is -0.348 e. The molecule has 2 rings (SSSR count). The predicted molar refractivity (Wildman–Crippen MR) is 123 cm³/mol. The number of carbonyl (C=O) groups is 1. The number of nitrogens with one attached hydrogen (secondary N) is 1. The Morgan fingerprint density at radius 1 is 0.967 bits per heavy atom. The van der Waals surface area contributed by atoms with E-state index in [1.54, 1.807) is 6.07 Å². The molecule has 0 aliphatic rings. The van der Waals surface area contributed by atoms with Crippen LogP contribution in [-0.4, -0.2) is 39.3 Å². The van der Waals surface area contributed by atoms with Crippen molar-refractivity contribution in [2.24, 2.45) is 0 Å². The van der Waals surface area contributed by atoms with E-state index in [1.807, 2.05) is 58.9 Å². The summed E-state index contributed by atoms with van der Waals surface area (Å²) in [5.41, 5.74) is 5.55. The summed E-state index contributed by atoms with van der Waals surface area (Å²) in [5, 5.41) is 3.03. The summed E-state index contributed by atoms with van der Waals surface area (Å²) in [7, 11) is -0.905. The van der Waals surface area contributed by atoms with Crippen LogP contribution in [0, 0.1) is 27.7 Å². The van der Waals surface area contributed by atoms with E-state index in [0.29, 0.717) is 12.1 Å². The first kappa shape index (κ1) is 23.9. The van der Waals surface area contributed by atoms with Crippen LogP contribution in [-0.2, 0) is 15.0 Å². The summed E-state index contributed by atoms with van der Waals surface area (Å²) in [6, 6.07) is 11.5. The van der Waals surface area contributed by atoms with Gasteiger partial charge in [0.05, 0.1) is 11.7 Å². The Kier molecular flexibility index (Phi) is 7.66. The van der Waals surface area contributed by atoms with Gasteiger partial charge < -0.3 is 5.32 Å². The van der Waals surface area contributed by atoms with E-state index in [0.717, 1.165) is 32.1 Å². The number of anilines is 1. The van der Waals surface area contributed by atoms with Crippen molar-refractivity contribution >= 4 is 21.8 Å². The minimum atomic E-state index is -3.84. The molecule has 0 unspecified atom stereocenters. The Labute approximate surface area is 181 Å². The second-order valence-electron chi connectivity index (χ2n) is 7.98. The van der Waals surface area contributed by atoms with Gasteiger partial charge in [0.2, 0.25) is 5.91 Å². The molecule has 2 aromatic rings. The summed E-state index contributed by atoms with van der Waals surface area (Å²) >= 11 is 0. The van der Waals surface area contributed by atoms with Gasteiger partial charge >= 0.3 is 10.2 Å². The number of benzene rings is 2. The van der Waals surface area contributed by atoms with Gasteiger partial charge in [-0.15, -0.1) is 0 Å². The van der Waals surface area contributed by atoms with E-state index in [1.165, 1.54) is 18.4 Å². The highest BCUT2D eigenvalue weighted by Gasteiger charge is 2.29. The molecule has 1 amide bonds. The Balaban J connectivity index is 2.35. The van der Waals surface area contributed by atoms with Gasteiger partial charge in [-0.2, -0.15) is 12.7 Å². The van der Waals surface area contributed by atoms with Crippen LogP contribution < -0.4 is 9.62 Å². The molecular formula is C23H33N3O3S. The lowest BCUT2D eigenvalue weighted by molar-refractivity contribution is -0.120. The van der Waals surface area contributed by atoms with E-state index in [4.69, 9.17) is 0 Å². The largest absolute Gasteiger partial charge is 0.348 e. The number of nitrogens with zero attached hydrogens (tertiary/aromatic N) is 2. The lowest BCUT2D eigenvalue weighted by atomic mass is 9.97. The average Bonchev–Trinajstić information content (AvgIpc) is 2.66. The van der Waals surface area contributed by atoms with Crippen molar-refractivity contribution in [3.05, 3.63) is 64.2 Å². The van der Waals surface area contributed by atoms with Crippen molar-refractivity contribution in [2.45, 2.75) is 47.1 Å². The van der Waals surface area contributed by atoms with Gasteiger partial charge in [0.1, 0.15) is 6.54 Å². The molecule has 0 spiro atoms. The summed E-state index contributed by atoms with van der Waals surface area (Å²) in [5.74, 6) is -0.340. The topological polar surface area (TPSA) is 69.7 Å². The number of amides is 1. The van der Waals surface area contributed by atoms with Crippen molar-refractivity contribution in [1.82, 2.24) is 9.62 Å². The third kappa shape index (κ3) is 5.40. The van der Waals surface area contributed by atoms with E-state index in [9.17, 15) is 13.2 Å². The van der Waals surface area contributed by atoms with Crippen molar-refractivity contribution < 1.29 is 13.2 Å². The van der Waals surface area contributed by atoms with Crippen molar-refractivity contribution in [3.63, 3.8) is 0 Å². The second kappa shape index (κ2) is 9.62. The van der Waals surface area contributed by atoms with E-state index >= 15 is 0 Å². The van der Waals surface area contributed by atoms with Gasteiger partial charge in [0, 0.05) is 14.1 Å². The Bertz CT molecular complexity index is 1020. The Morgan fingerprint density at radius 3 is 2.13 bits per heavy atom. The molecule has 0 heterocycles. The fourth-order valence-corrected chi connectivity index (χ4v) is 4.58. The SMILES string of the molecule is CC[C@H](NC(=O)CN(c1cc(C)ccc1C)S(=O)(=O)N(C)C)c1ccc(C)cc1C. The zero-order valence-corrected chi connectivity index (χ0v) is 19.8. The maximum atomic E-state index is 13.0. The molecule has 0 radical (unpaired) electrons. The maximum absolute atomic E-state index is 13.0. The monoisotopic (exact) mass is 431 g/mol. The third-order valence-electron chi connectivity index (χ3n) is 5.20. The molecule has 6 nitrogen and oxygen atoms in total. The summed E-state index contributed by atoms with van der Waals surface area (Å²) in [4.78, 5) is 13.0. The Hall–Kier alpha value is -2.38. The molecule has 0 aliphatic carbocycles. The molecule has 30 heavy (non-hydrogen) atoms. The average molecular weight is 432 g/mol. The number of hydrogen-bond acceptors (Lipinski definition) is 3. The zero-order chi connectivity index (χ0) is 22.6. The van der Waals surface area contributed by atoms with E-state index in [-0.39, 0.29) is 18.5 Å². The highest BCUT2D eigenvalue weighted by atomic mass is 32.2. The third-order valence-corrected chi connectivity index (χ3v) is 7.01. The van der Waals surface area contributed by atoms with Crippen LogP contribution in [0.3, 0.4) is 0 Å². The molecule has 1 N–H and O–H groups in total. The van der Waals surface area contributed by atoms with Gasteiger partial charge in [-0.05, 0) is 62.4 Å². The van der Waals surface area contributed by atoms with Crippen LogP contribution in [0.25, 0.3) is 0 Å². The van der Waals surface area contributed by atoms with E-state index in [2.05, 4.69) is 11.4 Å². The van der Waals surface area contributed by atoms with Gasteiger partial charge in [0.25, 0.3) is 0 Å². The van der Waals surface area contributed by atoms with Crippen LogP contribution in [0.1, 0.15) is 47.2 Å². The predicted octanol–water partition coefficient (Wildman–Crippen LogP) is 3.80. The first-order valence-electron chi connectivity index (χ1n) is 10.1. The van der Waals surface area contributed by atoms with Gasteiger partial charge in [-0.1, -0.05) is 42.8 Å². The van der Waals surface area contributed by atoms with Crippen LogP contribution in [0.15, 0.2) is 36.4 Å². The number of hydrogen-bond donors (Lipinski definition) is 1. The smallest absolute Gasteiger partial charge is 0.304 e.